The van der Waals surface area contributed by atoms with Gasteiger partial charge in [-0.2, -0.15) is 0 Å². The van der Waals surface area contributed by atoms with E-state index in [0.29, 0.717) is 0 Å². The van der Waals surface area contributed by atoms with Crippen LogP contribution in [-0.2, 0) is 33.3 Å². The first kappa shape index (κ1) is 48.9. The fraction of sp³-hybridized carbons (Fsp3) is 0.640. The number of hydrogen-bond acceptors (Lipinski definition) is 2. The van der Waals surface area contributed by atoms with Crippen LogP contribution in [0.3, 0.4) is 0 Å². The van der Waals surface area contributed by atoms with Crippen LogP contribution in [0, 0.1) is 0 Å². The molecule has 0 spiro atoms. The molecule has 0 aliphatic heterocycles. The van der Waals surface area contributed by atoms with Crippen LogP contribution in [0.4, 0.5) is 11.4 Å². The van der Waals surface area contributed by atoms with E-state index in [-0.39, 0.29) is 20.4 Å². The van der Waals surface area contributed by atoms with Crippen molar-refractivity contribution in [3.63, 3.8) is 0 Å². The van der Waals surface area contributed by atoms with E-state index in [1.807, 2.05) is 0 Å². The van der Waals surface area contributed by atoms with Crippen LogP contribution in [0.1, 0.15) is 206 Å². The maximum atomic E-state index is 5.51. The van der Waals surface area contributed by atoms with E-state index in [9.17, 15) is 0 Å². The molecule has 0 bridgehead atoms. The van der Waals surface area contributed by atoms with Gasteiger partial charge in [0.05, 0.1) is 22.8 Å². The first-order chi connectivity index (χ1) is 25.7. The summed E-state index contributed by atoms with van der Waals surface area (Å²) < 4.78 is 0. The third-order valence-corrected chi connectivity index (χ3v) is 10.3. The number of hydrogen-bond donors (Lipinski definition) is 0. The zero-order valence-corrected chi connectivity index (χ0v) is 36.5. The van der Waals surface area contributed by atoms with E-state index in [1.54, 1.807) is 0 Å². The molecule has 0 heterocycles. The first-order valence-electron chi connectivity index (χ1n) is 22.3. The van der Waals surface area contributed by atoms with E-state index < -0.39 is 0 Å². The van der Waals surface area contributed by atoms with Gasteiger partial charge in [-0.05, 0) is 100 Å². The van der Waals surface area contributed by atoms with Crippen LogP contribution in [0.5, 0.6) is 0 Å². The molecule has 3 heteroatoms. The smallest absolute Gasteiger partial charge is 0.0665 e. The fourth-order valence-electron chi connectivity index (χ4n) is 6.93. The van der Waals surface area contributed by atoms with Crippen LogP contribution >= 0.6 is 0 Å². The molecule has 0 aliphatic carbocycles. The Hall–Kier alpha value is -2.08. The standard InChI is InChI=1S/C50H80N2.Pd/c1-5-9-13-16-19-21-23-25-27-30-37-45-39-33-35-42-47(45)51-49(41-12-8-4)50(44-32-29-18-15-11-7-3)52-48-43-36-34-40-46(48)38-31-28-26-24-22-20-17-14-10-6-2;/h25-28,33-36,39-40,42-43H,5-24,29-32,37-38,41,44H2,1-4H3;. The third kappa shape index (κ3) is 24.9. The summed E-state index contributed by atoms with van der Waals surface area (Å²) >= 11 is 0. The van der Waals surface area contributed by atoms with Crippen molar-refractivity contribution in [2.45, 2.75) is 207 Å². The number of nitrogens with zero attached hydrogens (tertiary/aromatic N) is 2. The van der Waals surface area contributed by atoms with Gasteiger partial charge in [0.2, 0.25) is 0 Å². The van der Waals surface area contributed by atoms with Crippen molar-refractivity contribution >= 4 is 22.8 Å². The molecule has 2 nitrogen and oxygen atoms in total. The SMILES string of the molecule is CCCCCCCCC=CCCc1ccccc1N=C(CCCC)C(CCCCCCCC)=Nc1ccccc1CCC=CCCCCCCCC.[Pd]. The zero-order chi connectivity index (χ0) is 37.2. The largest absolute Gasteiger partial charge is 0.251 e. The van der Waals surface area contributed by atoms with Gasteiger partial charge in [-0.1, -0.05) is 191 Å². The summed E-state index contributed by atoms with van der Waals surface area (Å²) in [4.78, 5) is 11.0. The van der Waals surface area contributed by atoms with Gasteiger partial charge < -0.3 is 0 Å². The van der Waals surface area contributed by atoms with E-state index in [1.165, 1.54) is 151 Å². The van der Waals surface area contributed by atoms with Gasteiger partial charge in [0.1, 0.15) is 0 Å². The molecule has 0 aliphatic rings. The molecule has 300 valence electrons. The van der Waals surface area contributed by atoms with Gasteiger partial charge in [0, 0.05) is 20.4 Å². The Kier molecular flexibility index (Phi) is 32.9. The van der Waals surface area contributed by atoms with Crippen LogP contribution in [0.25, 0.3) is 0 Å². The van der Waals surface area contributed by atoms with Gasteiger partial charge in [0.15, 0.2) is 0 Å². The second-order valence-electron chi connectivity index (χ2n) is 15.1. The maximum absolute atomic E-state index is 5.51. The molecular weight excluding hydrogens is 735 g/mol. The minimum absolute atomic E-state index is 0. The molecule has 0 fully saturated rings. The van der Waals surface area contributed by atoms with Gasteiger partial charge in [-0.25, -0.2) is 0 Å². The van der Waals surface area contributed by atoms with Crippen molar-refractivity contribution in [2.24, 2.45) is 9.98 Å². The van der Waals surface area contributed by atoms with Crippen LogP contribution in [0.2, 0.25) is 0 Å². The molecule has 0 radical (unpaired) electrons. The van der Waals surface area contributed by atoms with Crippen LogP contribution in [0.15, 0.2) is 82.8 Å². The molecule has 0 saturated carbocycles. The molecule has 0 amide bonds. The molecule has 0 N–H and O–H groups in total. The number of para-hydroxylation sites is 2. The van der Waals surface area contributed by atoms with E-state index >= 15 is 0 Å². The van der Waals surface area contributed by atoms with Crippen molar-refractivity contribution in [1.29, 1.82) is 0 Å². The molecule has 0 saturated heterocycles. The molecule has 0 unspecified atom stereocenters. The Labute approximate surface area is 343 Å². The number of aryl methyl sites for hydroxylation is 2. The summed E-state index contributed by atoms with van der Waals surface area (Å²) in [7, 11) is 0. The number of aliphatic imine (C=N–C) groups is 2. The molecule has 53 heavy (non-hydrogen) atoms. The van der Waals surface area contributed by atoms with E-state index in [4.69, 9.17) is 9.98 Å². The second-order valence-corrected chi connectivity index (χ2v) is 15.1. The zero-order valence-electron chi connectivity index (χ0n) is 34.9. The average Bonchev–Trinajstić information content (AvgIpc) is 3.16. The Balaban J connectivity index is 0.0000140. The number of benzene rings is 2. The van der Waals surface area contributed by atoms with Gasteiger partial charge in [-0.3, -0.25) is 9.98 Å². The van der Waals surface area contributed by atoms with Crippen LogP contribution < -0.4 is 0 Å². The summed E-state index contributed by atoms with van der Waals surface area (Å²) in [6, 6.07) is 17.7. The van der Waals surface area contributed by atoms with Crippen molar-refractivity contribution in [1.82, 2.24) is 0 Å². The normalized spacial score (nSPS) is 12.3. The Bertz CT molecular complexity index is 1260. The van der Waals surface area contributed by atoms with Crippen molar-refractivity contribution < 1.29 is 20.4 Å². The molecule has 0 atom stereocenters. The molecule has 0 aromatic heterocycles. The summed E-state index contributed by atoms with van der Waals surface area (Å²) in [6.07, 6.45) is 44.7. The van der Waals surface area contributed by atoms with E-state index in [0.717, 1.165) is 62.7 Å². The quantitative estimate of drug-likeness (QED) is 0.0297. The molecule has 2 rings (SSSR count). The average molecular weight is 816 g/mol. The molecular formula is C50H80N2Pd. The monoisotopic (exact) mass is 815 g/mol. The molecule has 2 aromatic carbocycles. The maximum Gasteiger partial charge on any atom is 0.0665 e. The van der Waals surface area contributed by atoms with Gasteiger partial charge >= 0.3 is 0 Å². The predicted octanol–water partition coefficient (Wildman–Crippen LogP) is 16.9. The predicted molar refractivity (Wildman–Crippen MR) is 235 cm³/mol. The summed E-state index contributed by atoms with van der Waals surface area (Å²) in [5.74, 6) is 0. The van der Waals surface area contributed by atoms with Crippen LogP contribution in [-0.4, -0.2) is 11.4 Å². The number of rotatable bonds is 33. The fourth-order valence-corrected chi connectivity index (χ4v) is 6.93. The number of allylic oxidation sites excluding steroid dienone is 4. The number of unbranched alkanes of at least 4 members (excludes halogenated alkanes) is 18. The minimum Gasteiger partial charge on any atom is -0.251 e. The van der Waals surface area contributed by atoms with E-state index in [2.05, 4.69) is 101 Å². The summed E-state index contributed by atoms with van der Waals surface area (Å²) in [5, 5.41) is 0. The van der Waals surface area contributed by atoms with Gasteiger partial charge in [-0.15, -0.1) is 0 Å². The Morgan fingerprint density at radius 2 is 0.736 bits per heavy atom. The Morgan fingerprint density at radius 3 is 1.17 bits per heavy atom. The topological polar surface area (TPSA) is 24.7 Å². The van der Waals surface area contributed by atoms with Crippen molar-refractivity contribution in [2.75, 3.05) is 0 Å². The summed E-state index contributed by atoms with van der Waals surface area (Å²) in [6.45, 7) is 9.18. The Morgan fingerprint density at radius 1 is 0.396 bits per heavy atom. The second kappa shape index (κ2) is 35.6. The third-order valence-electron chi connectivity index (χ3n) is 10.3. The van der Waals surface area contributed by atoms with Crippen molar-refractivity contribution in [3.8, 4) is 0 Å². The van der Waals surface area contributed by atoms with Crippen molar-refractivity contribution in [3.05, 3.63) is 84.0 Å². The minimum atomic E-state index is 0. The molecule has 2 aromatic rings. The summed E-state index contributed by atoms with van der Waals surface area (Å²) in [5.41, 5.74) is 7.40. The first-order valence-corrected chi connectivity index (χ1v) is 22.3. The van der Waals surface area contributed by atoms with Gasteiger partial charge in [0.25, 0.3) is 0 Å².